The molecule has 0 fully saturated rings. The molecule has 0 saturated carbocycles. The van der Waals surface area contributed by atoms with Crippen LogP contribution in [0.3, 0.4) is 0 Å². The van der Waals surface area contributed by atoms with Gasteiger partial charge in [0, 0.05) is 32.6 Å². The summed E-state index contributed by atoms with van der Waals surface area (Å²) in [4.78, 5) is 12.7. The first-order valence-electron chi connectivity index (χ1n) is 12.2. The number of hydrogen-bond donors (Lipinski definition) is 3. The van der Waals surface area contributed by atoms with Crippen LogP contribution in [-0.2, 0) is 27.8 Å². The Kier molecular flexibility index (Phi) is 12.3. The van der Waals surface area contributed by atoms with E-state index < -0.39 is 28.1 Å². The quantitative estimate of drug-likeness (QED) is 0.325. The molecule has 2 aromatic rings. The van der Waals surface area contributed by atoms with Crippen LogP contribution in [0.4, 0.5) is 4.39 Å². The Morgan fingerprint density at radius 2 is 1.63 bits per heavy atom. The summed E-state index contributed by atoms with van der Waals surface area (Å²) in [5, 5.41) is 16.8. The molecule has 35 heavy (non-hydrogen) atoms. The lowest BCUT2D eigenvalue weighted by atomic mass is 10.0. The molecule has 0 saturated heterocycles. The molecular formula is C26H38FN3O4S. The Balaban J connectivity index is 2.00. The standard InChI is InChI=1S/C26H38FN3O4S/c1-3-15-30(16-4-2)35(33,34)17-14-26(32)29-24(18-21-10-12-23(27)13-11-21)25(31)20-28-19-22-8-6-5-7-9-22/h5-13,24-25,28,31H,3-4,14-20H2,1-2H3,(H,29,32)/t24-,25-/m0/s1. The minimum absolute atomic E-state index is 0.198. The van der Waals surface area contributed by atoms with Crippen molar-refractivity contribution in [2.24, 2.45) is 0 Å². The molecule has 0 aliphatic carbocycles. The summed E-state index contributed by atoms with van der Waals surface area (Å²) in [6.45, 7) is 5.46. The topological polar surface area (TPSA) is 98.7 Å². The van der Waals surface area contributed by atoms with Crippen LogP contribution in [0.25, 0.3) is 0 Å². The van der Waals surface area contributed by atoms with Crippen molar-refractivity contribution < 1.29 is 22.7 Å². The van der Waals surface area contributed by atoms with Gasteiger partial charge in [0.2, 0.25) is 15.9 Å². The van der Waals surface area contributed by atoms with Crippen LogP contribution in [0, 0.1) is 5.82 Å². The first-order valence-corrected chi connectivity index (χ1v) is 13.8. The first kappa shape index (κ1) is 28.9. The number of aliphatic hydroxyl groups is 1. The third-order valence-corrected chi connectivity index (χ3v) is 7.50. The minimum atomic E-state index is -3.55. The van der Waals surface area contributed by atoms with E-state index in [-0.39, 0.29) is 31.0 Å². The molecule has 2 atom stereocenters. The number of halogens is 1. The van der Waals surface area contributed by atoms with E-state index in [1.54, 1.807) is 12.1 Å². The molecule has 3 N–H and O–H groups in total. The molecular weight excluding hydrogens is 469 g/mol. The number of nitrogens with zero attached hydrogens (tertiary/aromatic N) is 1. The van der Waals surface area contributed by atoms with Gasteiger partial charge < -0.3 is 15.7 Å². The van der Waals surface area contributed by atoms with E-state index in [1.165, 1.54) is 16.4 Å². The molecule has 0 heterocycles. The van der Waals surface area contributed by atoms with Gasteiger partial charge in [-0.15, -0.1) is 0 Å². The Morgan fingerprint density at radius 1 is 1.00 bits per heavy atom. The summed E-state index contributed by atoms with van der Waals surface area (Å²) in [6, 6.07) is 14.9. The fraction of sp³-hybridized carbons (Fsp3) is 0.500. The molecule has 0 radical (unpaired) electrons. The number of sulfonamides is 1. The van der Waals surface area contributed by atoms with E-state index in [4.69, 9.17) is 0 Å². The summed E-state index contributed by atoms with van der Waals surface area (Å²) in [5.74, 6) is -1.10. The lowest BCUT2D eigenvalue weighted by Crippen LogP contribution is -2.49. The zero-order valence-electron chi connectivity index (χ0n) is 20.6. The molecule has 0 aliphatic rings. The van der Waals surface area contributed by atoms with Gasteiger partial charge in [0.05, 0.1) is 17.9 Å². The highest BCUT2D eigenvalue weighted by Gasteiger charge is 2.25. The molecule has 7 nitrogen and oxygen atoms in total. The fourth-order valence-corrected chi connectivity index (χ4v) is 5.40. The number of benzene rings is 2. The van der Waals surface area contributed by atoms with E-state index in [0.29, 0.717) is 32.5 Å². The number of hydrogen-bond acceptors (Lipinski definition) is 5. The van der Waals surface area contributed by atoms with Crippen molar-refractivity contribution in [1.82, 2.24) is 14.9 Å². The van der Waals surface area contributed by atoms with Crippen LogP contribution in [0.1, 0.15) is 44.2 Å². The van der Waals surface area contributed by atoms with Gasteiger partial charge in [0.25, 0.3) is 0 Å². The maximum Gasteiger partial charge on any atom is 0.221 e. The van der Waals surface area contributed by atoms with Crippen LogP contribution in [0.2, 0.25) is 0 Å². The predicted octanol–water partition coefficient (Wildman–Crippen LogP) is 2.85. The number of carbonyl (C=O) groups is 1. The Hall–Kier alpha value is -2.33. The summed E-state index contributed by atoms with van der Waals surface area (Å²) < 4.78 is 40.1. The van der Waals surface area contributed by atoms with Gasteiger partial charge in [-0.05, 0) is 42.5 Å². The van der Waals surface area contributed by atoms with Gasteiger partial charge in [-0.2, -0.15) is 0 Å². The second kappa shape index (κ2) is 14.9. The monoisotopic (exact) mass is 507 g/mol. The number of amides is 1. The molecule has 0 aromatic heterocycles. The molecule has 0 aliphatic heterocycles. The third kappa shape index (κ3) is 10.4. The summed E-state index contributed by atoms with van der Waals surface area (Å²) in [6.07, 6.45) is 0.558. The molecule has 194 valence electrons. The van der Waals surface area contributed by atoms with Crippen molar-refractivity contribution in [3.05, 3.63) is 71.5 Å². The first-order chi connectivity index (χ1) is 16.7. The average Bonchev–Trinajstić information content (AvgIpc) is 2.84. The normalized spacial score (nSPS) is 13.5. The van der Waals surface area contributed by atoms with E-state index >= 15 is 0 Å². The maximum atomic E-state index is 13.3. The SMILES string of the molecule is CCCN(CCC)S(=O)(=O)CCC(=O)N[C@@H](Cc1ccc(F)cc1)[C@@H](O)CNCc1ccccc1. The predicted molar refractivity (Wildman–Crippen MR) is 137 cm³/mol. The number of rotatable bonds is 16. The van der Waals surface area contributed by atoms with Crippen molar-refractivity contribution in [2.75, 3.05) is 25.4 Å². The smallest absolute Gasteiger partial charge is 0.221 e. The van der Waals surface area contributed by atoms with Crippen LogP contribution in [-0.4, -0.2) is 61.3 Å². The molecule has 1 amide bonds. The van der Waals surface area contributed by atoms with Crippen molar-refractivity contribution in [3.63, 3.8) is 0 Å². The fourth-order valence-electron chi connectivity index (χ4n) is 3.78. The van der Waals surface area contributed by atoms with E-state index in [2.05, 4.69) is 10.6 Å². The van der Waals surface area contributed by atoms with Crippen LogP contribution < -0.4 is 10.6 Å². The zero-order chi connectivity index (χ0) is 25.7. The van der Waals surface area contributed by atoms with Gasteiger partial charge in [0.15, 0.2) is 0 Å². The molecule has 2 aromatic carbocycles. The van der Waals surface area contributed by atoms with Gasteiger partial charge in [-0.3, -0.25) is 4.79 Å². The second-order valence-electron chi connectivity index (χ2n) is 8.65. The van der Waals surface area contributed by atoms with E-state index in [1.807, 2.05) is 44.2 Å². The molecule has 2 rings (SSSR count). The van der Waals surface area contributed by atoms with Gasteiger partial charge in [-0.1, -0.05) is 56.3 Å². The Morgan fingerprint density at radius 3 is 2.23 bits per heavy atom. The van der Waals surface area contributed by atoms with Crippen molar-refractivity contribution in [1.29, 1.82) is 0 Å². The molecule has 0 unspecified atom stereocenters. The van der Waals surface area contributed by atoms with Gasteiger partial charge in [-0.25, -0.2) is 17.1 Å². The molecule has 0 bridgehead atoms. The van der Waals surface area contributed by atoms with Crippen molar-refractivity contribution in [2.45, 2.75) is 58.2 Å². The third-order valence-electron chi connectivity index (χ3n) is 5.63. The average molecular weight is 508 g/mol. The Bertz CT molecular complexity index is 981. The Labute approximate surface area is 208 Å². The van der Waals surface area contributed by atoms with Gasteiger partial charge in [0.1, 0.15) is 5.82 Å². The van der Waals surface area contributed by atoms with Crippen LogP contribution >= 0.6 is 0 Å². The van der Waals surface area contributed by atoms with Crippen molar-refractivity contribution in [3.8, 4) is 0 Å². The number of carbonyl (C=O) groups excluding carboxylic acids is 1. The van der Waals surface area contributed by atoms with E-state index in [9.17, 15) is 22.7 Å². The van der Waals surface area contributed by atoms with Crippen LogP contribution in [0.15, 0.2) is 54.6 Å². The highest BCUT2D eigenvalue weighted by Crippen LogP contribution is 2.10. The van der Waals surface area contributed by atoms with Crippen LogP contribution in [0.5, 0.6) is 0 Å². The highest BCUT2D eigenvalue weighted by atomic mass is 32.2. The second-order valence-corrected chi connectivity index (χ2v) is 10.7. The minimum Gasteiger partial charge on any atom is -0.390 e. The number of nitrogens with one attached hydrogen (secondary N) is 2. The summed E-state index contributed by atoms with van der Waals surface area (Å²) in [5.41, 5.74) is 1.82. The molecule has 9 heteroatoms. The van der Waals surface area contributed by atoms with Crippen molar-refractivity contribution >= 4 is 15.9 Å². The van der Waals surface area contributed by atoms with E-state index in [0.717, 1.165) is 11.1 Å². The highest BCUT2D eigenvalue weighted by molar-refractivity contribution is 7.89. The number of aliphatic hydroxyl groups excluding tert-OH is 1. The summed E-state index contributed by atoms with van der Waals surface area (Å²) in [7, 11) is -3.55. The largest absolute Gasteiger partial charge is 0.390 e. The molecule has 0 spiro atoms. The zero-order valence-corrected chi connectivity index (χ0v) is 21.4. The maximum absolute atomic E-state index is 13.3. The van der Waals surface area contributed by atoms with Gasteiger partial charge >= 0.3 is 0 Å². The lowest BCUT2D eigenvalue weighted by Gasteiger charge is -2.25. The lowest BCUT2D eigenvalue weighted by molar-refractivity contribution is -0.122. The summed E-state index contributed by atoms with van der Waals surface area (Å²) >= 11 is 0.